The third-order valence-electron chi connectivity index (χ3n) is 6.17. The van der Waals surface area contributed by atoms with Crippen LogP contribution in [0.1, 0.15) is 72.4 Å². The summed E-state index contributed by atoms with van der Waals surface area (Å²) in [7, 11) is 0. The average Bonchev–Trinajstić information content (AvgIpc) is 2.94. The van der Waals surface area contributed by atoms with Crippen molar-refractivity contribution in [1.82, 2.24) is 14.9 Å². The van der Waals surface area contributed by atoms with Crippen LogP contribution in [0.15, 0.2) is 4.79 Å². The lowest BCUT2D eigenvalue weighted by Gasteiger charge is -2.20. The van der Waals surface area contributed by atoms with Crippen molar-refractivity contribution in [3.05, 3.63) is 26.6 Å². The molecule has 2 aliphatic rings. The highest BCUT2D eigenvalue weighted by Gasteiger charge is 2.25. The van der Waals surface area contributed by atoms with Gasteiger partial charge in [0.05, 0.1) is 5.39 Å². The molecule has 1 N–H and O–H groups in total. The van der Waals surface area contributed by atoms with E-state index in [-0.39, 0.29) is 22.3 Å². The van der Waals surface area contributed by atoms with E-state index in [0.29, 0.717) is 22.3 Å². The first kappa shape index (κ1) is 21.7. The lowest BCUT2D eigenvalue weighted by atomic mass is 9.89. The van der Waals surface area contributed by atoms with Crippen molar-refractivity contribution < 1.29 is 19.1 Å². The number of nitrogens with zero attached hydrogens (tertiary/aromatic N) is 2. The molecule has 2 aromatic rings. The van der Waals surface area contributed by atoms with E-state index >= 15 is 0 Å². The van der Waals surface area contributed by atoms with Crippen LogP contribution < -0.4 is 10.9 Å². The number of carbonyl (C=O) groups is 3. The number of fused-ring (bicyclic) bond motifs is 2. The van der Waals surface area contributed by atoms with Gasteiger partial charge in [0.15, 0.2) is 6.61 Å². The molecule has 1 aliphatic heterocycles. The van der Waals surface area contributed by atoms with Gasteiger partial charge >= 0.3 is 5.97 Å². The summed E-state index contributed by atoms with van der Waals surface area (Å²) >= 11 is 1.12. The summed E-state index contributed by atoms with van der Waals surface area (Å²) in [4.78, 5) is 55.3. The van der Waals surface area contributed by atoms with Gasteiger partial charge in [-0.05, 0) is 38.2 Å². The van der Waals surface area contributed by atoms with Gasteiger partial charge in [-0.25, -0.2) is 9.78 Å². The fourth-order valence-corrected chi connectivity index (χ4v) is 5.53. The van der Waals surface area contributed by atoms with Gasteiger partial charge in [0.25, 0.3) is 11.5 Å². The van der Waals surface area contributed by atoms with E-state index in [9.17, 15) is 19.2 Å². The van der Waals surface area contributed by atoms with Gasteiger partial charge in [-0.1, -0.05) is 25.7 Å². The van der Waals surface area contributed by atoms with Crippen molar-refractivity contribution in [2.75, 3.05) is 6.61 Å². The van der Waals surface area contributed by atoms with E-state index in [4.69, 9.17) is 4.74 Å². The molecular weight excluding hydrogens is 418 g/mol. The fourth-order valence-electron chi connectivity index (χ4n) is 4.44. The third kappa shape index (κ3) is 4.56. The number of ether oxygens (including phenoxy) is 1. The number of nitrogens with one attached hydrogen (secondary N) is 1. The first-order valence-corrected chi connectivity index (χ1v) is 11.8. The van der Waals surface area contributed by atoms with E-state index < -0.39 is 18.5 Å². The number of aromatic nitrogens is 2. The van der Waals surface area contributed by atoms with Gasteiger partial charge in [-0.2, -0.15) is 0 Å². The van der Waals surface area contributed by atoms with E-state index in [2.05, 4.69) is 10.3 Å². The second-order valence-corrected chi connectivity index (χ2v) is 9.35. The molecule has 0 spiro atoms. The van der Waals surface area contributed by atoms with Crippen molar-refractivity contribution in [2.24, 2.45) is 5.92 Å². The zero-order valence-corrected chi connectivity index (χ0v) is 18.5. The van der Waals surface area contributed by atoms with Gasteiger partial charge in [0.1, 0.15) is 15.5 Å². The second kappa shape index (κ2) is 9.30. The Morgan fingerprint density at radius 3 is 2.65 bits per heavy atom. The minimum atomic E-state index is -0.680. The minimum Gasteiger partial charge on any atom is -0.451 e. The molecule has 166 valence electrons. The number of hydrogen-bond donors (Lipinski definition) is 1. The Morgan fingerprint density at radius 2 is 1.87 bits per heavy atom. The number of carbonyl (C=O) groups excluding carboxylic acids is 3. The highest BCUT2D eigenvalue weighted by atomic mass is 32.1. The molecule has 1 fully saturated rings. The van der Waals surface area contributed by atoms with E-state index in [1.165, 1.54) is 0 Å². The Hall–Kier alpha value is -2.55. The van der Waals surface area contributed by atoms with Gasteiger partial charge in [-0.15, -0.1) is 11.3 Å². The summed E-state index contributed by atoms with van der Waals surface area (Å²) in [6.45, 7) is 1.81. The number of aryl methyl sites for hydroxylation is 2. The van der Waals surface area contributed by atoms with Gasteiger partial charge in [-0.3, -0.25) is 24.3 Å². The molecular formula is C22H27N3O5S. The lowest BCUT2D eigenvalue weighted by Crippen LogP contribution is -2.38. The fraction of sp³-hybridized carbons (Fsp3) is 0.591. The van der Waals surface area contributed by atoms with Crippen LogP contribution in [0.4, 0.5) is 0 Å². The molecule has 0 saturated heterocycles. The summed E-state index contributed by atoms with van der Waals surface area (Å²) < 4.78 is 6.86. The number of esters is 1. The molecule has 0 radical (unpaired) electrons. The summed E-state index contributed by atoms with van der Waals surface area (Å²) in [6.07, 6.45) is 8.41. The van der Waals surface area contributed by atoms with Crippen LogP contribution in [0.3, 0.4) is 0 Å². The van der Waals surface area contributed by atoms with Crippen molar-refractivity contribution in [3.8, 4) is 0 Å². The molecule has 9 heteroatoms. The molecule has 8 nitrogen and oxygen atoms in total. The third-order valence-corrected chi connectivity index (χ3v) is 7.34. The maximum Gasteiger partial charge on any atom is 0.349 e. The normalized spacial score (nSPS) is 17.1. The summed E-state index contributed by atoms with van der Waals surface area (Å²) in [6, 6.07) is 0. The van der Waals surface area contributed by atoms with Crippen LogP contribution in [0.25, 0.3) is 10.2 Å². The second-order valence-electron chi connectivity index (χ2n) is 8.36. The molecule has 0 unspecified atom stereocenters. The number of imide groups is 1. The molecule has 1 aliphatic carbocycles. The Morgan fingerprint density at radius 1 is 1.13 bits per heavy atom. The van der Waals surface area contributed by atoms with Crippen LogP contribution in [0.2, 0.25) is 0 Å². The number of hydrogen-bond acceptors (Lipinski definition) is 7. The standard InChI is InChI=1S/C22H27N3O5S/c1-13-17-20(23-15-10-6-3-7-11-25(15)21(17)28)31-18(13)22(29)30-12-16(26)24-19(27)14-8-4-2-5-9-14/h14H,2-12H2,1H3,(H,24,26,27). The van der Waals surface area contributed by atoms with Crippen molar-refractivity contribution in [2.45, 2.75) is 71.3 Å². The first-order chi connectivity index (χ1) is 15.0. The number of thiophene rings is 1. The summed E-state index contributed by atoms with van der Waals surface area (Å²) in [5, 5.41) is 2.78. The SMILES string of the molecule is Cc1c(C(=O)OCC(=O)NC(=O)C2CCCCC2)sc2nc3n(c(=O)c12)CCCCC3. The summed E-state index contributed by atoms with van der Waals surface area (Å²) in [5.74, 6) is -0.991. The van der Waals surface area contributed by atoms with Gasteiger partial charge in [0, 0.05) is 18.9 Å². The van der Waals surface area contributed by atoms with E-state index in [1.807, 2.05) is 0 Å². The predicted molar refractivity (Wildman–Crippen MR) is 116 cm³/mol. The zero-order valence-electron chi connectivity index (χ0n) is 17.7. The first-order valence-electron chi connectivity index (χ1n) is 11.0. The molecule has 0 bridgehead atoms. The predicted octanol–water partition coefficient (Wildman–Crippen LogP) is 2.87. The highest BCUT2D eigenvalue weighted by molar-refractivity contribution is 7.20. The molecule has 31 heavy (non-hydrogen) atoms. The molecule has 2 amide bonds. The molecule has 0 aromatic carbocycles. The molecule has 3 heterocycles. The van der Waals surface area contributed by atoms with Crippen LogP contribution in [-0.2, 0) is 27.3 Å². The monoisotopic (exact) mass is 445 g/mol. The van der Waals surface area contributed by atoms with Crippen LogP contribution in [0.5, 0.6) is 0 Å². The average molecular weight is 446 g/mol. The van der Waals surface area contributed by atoms with Crippen molar-refractivity contribution in [3.63, 3.8) is 0 Å². The zero-order chi connectivity index (χ0) is 22.0. The maximum absolute atomic E-state index is 13.0. The largest absolute Gasteiger partial charge is 0.451 e. The quantitative estimate of drug-likeness (QED) is 0.725. The topological polar surface area (TPSA) is 107 Å². The Kier molecular flexibility index (Phi) is 6.50. The Bertz CT molecular complexity index is 1080. The molecule has 0 atom stereocenters. The molecule has 1 saturated carbocycles. The maximum atomic E-state index is 13.0. The van der Waals surface area contributed by atoms with Crippen LogP contribution in [0, 0.1) is 12.8 Å². The number of amides is 2. The number of rotatable bonds is 4. The lowest BCUT2D eigenvalue weighted by molar-refractivity contribution is -0.135. The van der Waals surface area contributed by atoms with Crippen LogP contribution >= 0.6 is 11.3 Å². The smallest absolute Gasteiger partial charge is 0.349 e. The summed E-state index contributed by atoms with van der Waals surface area (Å²) in [5.41, 5.74) is 0.409. The van der Waals surface area contributed by atoms with E-state index in [1.54, 1.807) is 11.5 Å². The van der Waals surface area contributed by atoms with Crippen LogP contribution in [-0.4, -0.2) is 33.9 Å². The highest BCUT2D eigenvalue weighted by Crippen LogP contribution is 2.29. The molecule has 2 aromatic heterocycles. The Labute approximate surface area is 184 Å². The van der Waals surface area contributed by atoms with Gasteiger partial charge < -0.3 is 4.74 Å². The van der Waals surface area contributed by atoms with Gasteiger partial charge in [0.2, 0.25) is 5.91 Å². The van der Waals surface area contributed by atoms with Crippen molar-refractivity contribution in [1.29, 1.82) is 0 Å². The molecule has 4 rings (SSSR count). The Balaban J connectivity index is 1.45. The van der Waals surface area contributed by atoms with E-state index in [0.717, 1.165) is 74.9 Å². The minimum absolute atomic E-state index is 0.120. The van der Waals surface area contributed by atoms with Crippen molar-refractivity contribution >= 4 is 39.3 Å².